The highest BCUT2D eigenvalue weighted by molar-refractivity contribution is 7.76. The van der Waals surface area contributed by atoms with E-state index in [1.165, 1.54) is 42.0 Å². The number of esters is 2. The van der Waals surface area contributed by atoms with E-state index in [9.17, 15) is 9.59 Å². The molecule has 0 bridgehead atoms. The number of para-hydroxylation sites is 1. The summed E-state index contributed by atoms with van der Waals surface area (Å²) in [5.74, 6) is 0.651. The number of anilines is 1. The average molecular weight is 660 g/mol. The molecule has 5 atom stereocenters. The molecule has 3 aromatic carbocycles. The Bertz CT molecular complexity index is 1620. The smallest absolute Gasteiger partial charge is 0.335 e. The number of carbonyl (C=O) groups excluding carboxylic acids is 2. The summed E-state index contributed by atoms with van der Waals surface area (Å²) in [7, 11) is 2.16. The Morgan fingerprint density at radius 1 is 0.938 bits per heavy atom. The van der Waals surface area contributed by atoms with Crippen molar-refractivity contribution in [2.45, 2.75) is 57.0 Å². The molecule has 1 N–H and O–H groups in total. The Balaban J connectivity index is 1.32. The molecule has 247 valence electrons. The molecule has 2 fully saturated rings. The Hall–Kier alpha value is -3.47. The van der Waals surface area contributed by atoms with Crippen LogP contribution in [0, 0.1) is 42.7 Å². The summed E-state index contributed by atoms with van der Waals surface area (Å²) in [4.78, 5) is 29.2. The van der Waals surface area contributed by atoms with Crippen molar-refractivity contribution in [3.05, 3.63) is 133 Å². The summed E-state index contributed by atoms with van der Waals surface area (Å²) in [6.07, 6.45) is 9.58. The van der Waals surface area contributed by atoms with Gasteiger partial charge in [-0.3, -0.25) is 9.69 Å². The van der Waals surface area contributed by atoms with Crippen LogP contribution in [0.4, 0.5) is 5.69 Å². The lowest BCUT2D eigenvalue weighted by atomic mass is 9.61. The number of nitrogens with zero attached hydrogens (tertiary/aromatic N) is 1. The monoisotopic (exact) mass is 659 g/mol. The van der Waals surface area contributed by atoms with Gasteiger partial charge in [-0.05, 0) is 87.9 Å². The summed E-state index contributed by atoms with van der Waals surface area (Å²) >= 11 is 0. The molecule has 3 aromatic rings. The first-order valence-corrected chi connectivity index (χ1v) is 18.4. The largest absolute Gasteiger partial charge is 0.469 e. The van der Waals surface area contributed by atoms with Gasteiger partial charge in [0.2, 0.25) is 0 Å². The predicted molar refractivity (Wildman–Crippen MR) is 192 cm³/mol. The van der Waals surface area contributed by atoms with E-state index < -0.39 is 13.3 Å². The molecule has 2 aliphatic heterocycles. The number of hydrogen-bond acceptors (Lipinski definition) is 6. The molecule has 1 saturated carbocycles. The normalized spacial score (nSPS) is 25.3. The minimum Gasteiger partial charge on any atom is -0.469 e. The van der Waals surface area contributed by atoms with Crippen LogP contribution >= 0.6 is 7.92 Å². The SMILES string of the molecule is CCC(C[C@@H]1CC(C(=O)OC)=C2Nc3ccccc3[C@@]23CCN([C@@H](C)[C]2[CH][CH][CH][C]2P(c2ccccc2)c2ccccc2)[C@@H]13)C(=O)OC. The number of fused-ring (bicyclic) bond motifs is 1. The van der Waals surface area contributed by atoms with Crippen LogP contribution in [0.2, 0.25) is 0 Å². The number of benzene rings is 3. The number of likely N-dealkylation sites (tertiary alicyclic amines) is 1. The van der Waals surface area contributed by atoms with E-state index in [-0.39, 0.29) is 35.9 Å². The third kappa shape index (κ3) is 5.50. The summed E-state index contributed by atoms with van der Waals surface area (Å²) < 4.78 is 10.7. The minimum atomic E-state index is -0.778. The van der Waals surface area contributed by atoms with E-state index in [0.29, 0.717) is 24.8 Å². The number of carbonyl (C=O) groups is 2. The van der Waals surface area contributed by atoms with E-state index in [0.717, 1.165) is 24.4 Å². The van der Waals surface area contributed by atoms with Gasteiger partial charge in [-0.25, -0.2) is 4.79 Å². The first-order valence-electron chi connectivity index (χ1n) is 17.1. The Kier molecular flexibility index (Phi) is 9.50. The summed E-state index contributed by atoms with van der Waals surface area (Å²) in [5, 5.41) is 6.38. The zero-order chi connectivity index (χ0) is 33.4. The maximum Gasteiger partial charge on any atom is 0.335 e. The van der Waals surface area contributed by atoms with Crippen molar-refractivity contribution in [2.24, 2.45) is 11.8 Å². The van der Waals surface area contributed by atoms with Crippen molar-refractivity contribution in [3.63, 3.8) is 0 Å². The lowest BCUT2D eigenvalue weighted by Crippen LogP contribution is -2.55. The van der Waals surface area contributed by atoms with Crippen LogP contribution in [-0.4, -0.2) is 49.7 Å². The number of nitrogens with one attached hydrogen (secondary N) is 1. The average Bonchev–Trinajstić information content (AvgIpc) is 3.86. The van der Waals surface area contributed by atoms with Crippen LogP contribution in [0.3, 0.4) is 0 Å². The summed E-state index contributed by atoms with van der Waals surface area (Å²) in [6.45, 7) is 5.27. The molecule has 1 saturated heterocycles. The number of methoxy groups -OCH3 is 2. The van der Waals surface area contributed by atoms with E-state index in [1.807, 2.05) is 0 Å². The van der Waals surface area contributed by atoms with Crippen molar-refractivity contribution >= 4 is 36.2 Å². The maximum absolute atomic E-state index is 13.5. The van der Waals surface area contributed by atoms with E-state index >= 15 is 0 Å². The Morgan fingerprint density at radius 3 is 2.25 bits per heavy atom. The van der Waals surface area contributed by atoms with Crippen molar-refractivity contribution < 1.29 is 19.1 Å². The molecule has 0 amide bonds. The molecule has 2 heterocycles. The van der Waals surface area contributed by atoms with Gasteiger partial charge in [0.1, 0.15) is 0 Å². The minimum absolute atomic E-state index is 0.0352. The van der Waals surface area contributed by atoms with E-state index in [1.54, 1.807) is 0 Å². The number of ether oxygens (including phenoxy) is 2. The van der Waals surface area contributed by atoms with Gasteiger partial charge >= 0.3 is 11.9 Å². The third-order valence-corrected chi connectivity index (χ3v) is 13.6. The fourth-order valence-corrected chi connectivity index (χ4v) is 11.5. The van der Waals surface area contributed by atoms with Gasteiger partial charge in [-0.15, -0.1) is 0 Å². The molecular formula is C41H44N2O4P. The quantitative estimate of drug-likeness (QED) is 0.193. The molecule has 7 heteroatoms. The van der Waals surface area contributed by atoms with Gasteiger partial charge in [-0.1, -0.05) is 85.8 Å². The van der Waals surface area contributed by atoms with Crippen molar-refractivity contribution in [2.75, 3.05) is 26.1 Å². The highest BCUT2D eigenvalue weighted by atomic mass is 31.1. The fraction of sp³-hybridized carbons (Fsp3) is 0.341. The molecule has 48 heavy (non-hydrogen) atoms. The highest BCUT2D eigenvalue weighted by Crippen LogP contribution is 2.63. The molecular weight excluding hydrogens is 615 g/mol. The van der Waals surface area contributed by atoms with Gasteiger partial charge in [-0.2, -0.15) is 0 Å². The van der Waals surface area contributed by atoms with Crippen molar-refractivity contribution in [3.8, 4) is 0 Å². The number of rotatable bonds is 10. The van der Waals surface area contributed by atoms with E-state index in [4.69, 9.17) is 9.47 Å². The predicted octanol–water partition coefficient (Wildman–Crippen LogP) is 6.71. The van der Waals surface area contributed by atoms with Gasteiger partial charge < -0.3 is 14.8 Å². The first-order chi connectivity index (χ1) is 23.4. The second kappa shape index (κ2) is 13.8. The Labute approximate surface area is 287 Å². The topological polar surface area (TPSA) is 67.9 Å². The molecule has 1 unspecified atom stereocenters. The van der Waals surface area contributed by atoms with Gasteiger partial charge in [0, 0.05) is 41.6 Å². The Morgan fingerprint density at radius 2 is 1.60 bits per heavy atom. The molecule has 6 nitrogen and oxygen atoms in total. The van der Waals surface area contributed by atoms with Crippen LogP contribution in [0.5, 0.6) is 0 Å². The van der Waals surface area contributed by atoms with Crippen LogP contribution in [-0.2, 0) is 24.5 Å². The first kappa shape index (κ1) is 33.0. The molecule has 0 aromatic heterocycles. The lowest BCUT2D eigenvalue weighted by molar-refractivity contribution is -0.146. The third-order valence-electron chi connectivity index (χ3n) is 11.0. The van der Waals surface area contributed by atoms with Gasteiger partial charge in [0.15, 0.2) is 0 Å². The van der Waals surface area contributed by atoms with Crippen LogP contribution in [0.1, 0.15) is 45.1 Å². The summed E-state index contributed by atoms with van der Waals surface area (Å²) in [6, 6.07) is 30.4. The van der Waals surface area contributed by atoms with Gasteiger partial charge in [0.25, 0.3) is 0 Å². The molecule has 7 rings (SSSR count). The molecule has 4 aliphatic rings. The fourth-order valence-electron chi connectivity index (χ4n) is 8.96. The molecule has 5 radical (unpaired) electrons. The lowest BCUT2D eigenvalue weighted by Gasteiger charge is -2.49. The van der Waals surface area contributed by atoms with Crippen molar-refractivity contribution in [1.82, 2.24) is 4.90 Å². The van der Waals surface area contributed by atoms with E-state index in [2.05, 4.69) is 128 Å². The van der Waals surface area contributed by atoms with Gasteiger partial charge in [0.05, 0.1) is 31.1 Å². The second-order valence-electron chi connectivity index (χ2n) is 13.3. The molecule has 1 spiro atoms. The van der Waals surface area contributed by atoms with Crippen LogP contribution in [0.15, 0.2) is 96.2 Å². The maximum atomic E-state index is 13.5. The standard InChI is InChI=1S/C41H44N2O4P/c1-5-28(39(44)46-3)25-29-26-33(40(45)47-4)37-41(34-20-12-13-21-35(34)42-37)23-24-43(38(29)41)27(2)32-19-14-22-36(32)48(30-15-8-6-9-16-30)31-17-10-7-11-18-31/h6-22,27-29,38,42H,5,23-26H2,1-4H3/t27-,28?,29+,38-,41-/m0/s1. The van der Waals surface area contributed by atoms with Crippen LogP contribution in [0.25, 0.3) is 0 Å². The zero-order valence-corrected chi connectivity index (χ0v) is 29.1. The number of hydrogen-bond donors (Lipinski definition) is 1. The summed E-state index contributed by atoms with van der Waals surface area (Å²) in [5.41, 5.74) is 4.93. The zero-order valence-electron chi connectivity index (χ0n) is 28.2. The second-order valence-corrected chi connectivity index (χ2v) is 15.5. The van der Waals surface area contributed by atoms with Crippen LogP contribution < -0.4 is 15.9 Å². The van der Waals surface area contributed by atoms with Crippen molar-refractivity contribution in [1.29, 1.82) is 0 Å². The molecule has 2 aliphatic carbocycles. The highest BCUT2D eigenvalue weighted by Gasteiger charge is 2.62.